The summed E-state index contributed by atoms with van der Waals surface area (Å²) < 4.78 is 14.3. The van der Waals surface area contributed by atoms with Crippen molar-refractivity contribution in [3.8, 4) is 0 Å². The molecule has 0 fully saturated rings. The highest BCUT2D eigenvalue weighted by molar-refractivity contribution is 8.02. The highest BCUT2D eigenvalue weighted by atomic mass is 32.2. The molecule has 0 aliphatic heterocycles. The van der Waals surface area contributed by atoms with E-state index in [0.29, 0.717) is 15.2 Å². The summed E-state index contributed by atoms with van der Waals surface area (Å²) in [6.45, 7) is 1.80. The van der Waals surface area contributed by atoms with E-state index in [2.05, 4.69) is 20.8 Å². The average Bonchev–Trinajstić information content (AvgIpc) is 3.05. The first-order valence-corrected chi connectivity index (χ1v) is 9.19. The number of halogens is 1. The fourth-order valence-corrected chi connectivity index (χ4v) is 3.86. The molecule has 0 saturated carbocycles. The number of hydrogen-bond acceptors (Lipinski definition) is 6. The van der Waals surface area contributed by atoms with Crippen molar-refractivity contribution < 1.29 is 9.18 Å². The van der Waals surface area contributed by atoms with Crippen LogP contribution in [0.4, 0.5) is 20.9 Å². The van der Waals surface area contributed by atoms with E-state index >= 15 is 0 Å². The lowest BCUT2D eigenvalue weighted by atomic mass is 10.3. The molecule has 2 N–H and O–H groups in total. The molecule has 25 heavy (non-hydrogen) atoms. The minimum absolute atomic E-state index is 0.116. The second-order valence-electron chi connectivity index (χ2n) is 5.09. The lowest BCUT2D eigenvalue weighted by Gasteiger charge is -2.09. The van der Waals surface area contributed by atoms with Gasteiger partial charge in [-0.1, -0.05) is 53.4 Å². The molecular weight excluding hydrogens is 359 g/mol. The van der Waals surface area contributed by atoms with Crippen LogP contribution in [0.1, 0.15) is 6.92 Å². The van der Waals surface area contributed by atoms with Crippen LogP contribution >= 0.6 is 23.1 Å². The van der Waals surface area contributed by atoms with E-state index in [-0.39, 0.29) is 17.0 Å². The zero-order chi connectivity index (χ0) is 17.6. The fraction of sp³-hybridized carbons (Fsp3) is 0.118. The van der Waals surface area contributed by atoms with E-state index in [0.717, 1.165) is 5.69 Å². The number of benzene rings is 2. The molecule has 8 heteroatoms. The van der Waals surface area contributed by atoms with Gasteiger partial charge in [0.1, 0.15) is 5.82 Å². The SMILES string of the molecule is CC(Sc1nnc(Nc2ccccc2F)s1)C(=O)Nc1ccccc1. The summed E-state index contributed by atoms with van der Waals surface area (Å²) in [4.78, 5) is 12.2. The van der Waals surface area contributed by atoms with Gasteiger partial charge in [-0.15, -0.1) is 10.2 Å². The van der Waals surface area contributed by atoms with Gasteiger partial charge in [0, 0.05) is 5.69 Å². The van der Waals surface area contributed by atoms with Gasteiger partial charge in [-0.2, -0.15) is 0 Å². The van der Waals surface area contributed by atoms with Crippen molar-refractivity contribution in [2.75, 3.05) is 10.6 Å². The number of anilines is 3. The van der Waals surface area contributed by atoms with E-state index in [9.17, 15) is 9.18 Å². The summed E-state index contributed by atoms with van der Waals surface area (Å²) >= 11 is 2.58. The van der Waals surface area contributed by atoms with Crippen LogP contribution in [0.15, 0.2) is 58.9 Å². The molecule has 0 saturated heterocycles. The molecule has 1 unspecified atom stereocenters. The fourth-order valence-electron chi connectivity index (χ4n) is 1.96. The topological polar surface area (TPSA) is 66.9 Å². The quantitative estimate of drug-likeness (QED) is 0.620. The number of nitrogens with one attached hydrogen (secondary N) is 2. The van der Waals surface area contributed by atoms with E-state index in [1.165, 1.54) is 29.2 Å². The number of nitrogens with zero attached hydrogens (tertiary/aromatic N) is 2. The summed E-state index contributed by atoms with van der Waals surface area (Å²) in [5, 5.41) is 13.9. The predicted molar refractivity (Wildman–Crippen MR) is 100.0 cm³/mol. The average molecular weight is 374 g/mol. The van der Waals surface area contributed by atoms with Crippen LogP contribution in [0.2, 0.25) is 0 Å². The van der Waals surface area contributed by atoms with Crippen molar-refractivity contribution in [2.45, 2.75) is 16.5 Å². The normalized spacial score (nSPS) is 11.8. The van der Waals surface area contributed by atoms with Crippen molar-refractivity contribution in [1.29, 1.82) is 0 Å². The summed E-state index contributed by atoms with van der Waals surface area (Å²) in [5.74, 6) is -0.475. The van der Waals surface area contributed by atoms with E-state index in [1.54, 1.807) is 25.1 Å². The lowest BCUT2D eigenvalue weighted by Crippen LogP contribution is -2.22. The van der Waals surface area contributed by atoms with E-state index in [1.807, 2.05) is 30.3 Å². The first-order valence-electron chi connectivity index (χ1n) is 7.49. The van der Waals surface area contributed by atoms with Crippen molar-refractivity contribution >= 4 is 45.5 Å². The molecule has 1 aromatic heterocycles. The van der Waals surface area contributed by atoms with Crippen LogP contribution < -0.4 is 10.6 Å². The Morgan fingerprint density at radius 1 is 1.12 bits per heavy atom. The number of amides is 1. The molecule has 1 atom stereocenters. The van der Waals surface area contributed by atoms with Gasteiger partial charge in [0.25, 0.3) is 0 Å². The number of carbonyl (C=O) groups excluding carboxylic acids is 1. The highest BCUT2D eigenvalue weighted by Gasteiger charge is 2.17. The van der Waals surface area contributed by atoms with E-state index in [4.69, 9.17) is 0 Å². The first-order chi connectivity index (χ1) is 12.1. The third-order valence-electron chi connectivity index (χ3n) is 3.21. The largest absolute Gasteiger partial charge is 0.328 e. The molecule has 0 bridgehead atoms. The van der Waals surface area contributed by atoms with Crippen molar-refractivity contribution in [2.24, 2.45) is 0 Å². The van der Waals surface area contributed by atoms with E-state index < -0.39 is 0 Å². The van der Waals surface area contributed by atoms with Crippen LogP contribution in [-0.4, -0.2) is 21.4 Å². The number of hydrogen-bond donors (Lipinski definition) is 2. The van der Waals surface area contributed by atoms with Crippen LogP contribution in [0, 0.1) is 5.82 Å². The number of aromatic nitrogens is 2. The van der Waals surface area contributed by atoms with Gasteiger partial charge in [0.05, 0.1) is 10.9 Å². The Kier molecular flexibility index (Phi) is 5.62. The summed E-state index contributed by atoms with van der Waals surface area (Å²) in [6.07, 6.45) is 0. The van der Waals surface area contributed by atoms with Crippen LogP contribution in [0.3, 0.4) is 0 Å². The number of carbonyl (C=O) groups is 1. The Bertz CT molecular complexity index is 857. The minimum atomic E-state index is -0.359. The molecular formula is C17H15FN4OS2. The van der Waals surface area contributed by atoms with Crippen molar-refractivity contribution in [3.63, 3.8) is 0 Å². The highest BCUT2D eigenvalue weighted by Crippen LogP contribution is 2.31. The second kappa shape index (κ2) is 8.09. The lowest BCUT2D eigenvalue weighted by molar-refractivity contribution is -0.115. The molecule has 1 heterocycles. The monoisotopic (exact) mass is 374 g/mol. The molecule has 0 spiro atoms. The maximum atomic E-state index is 13.6. The van der Waals surface area contributed by atoms with Gasteiger partial charge in [0.15, 0.2) is 4.34 Å². The van der Waals surface area contributed by atoms with Crippen molar-refractivity contribution in [1.82, 2.24) is 10.2 Å². The first kappa shape index (κ1) is 17.4. The van der Waals surface area contributed by atoms with Gasteiger partial charge >= 0.3 is 0 Å². The smallest absolute Gasteiger partial charge is 0.237 e. The molecule has 128 valence electrons. The standard InChI is InChI=1S/C17H15FN4OS2/c1-11(15(23)19-12-7-3-2-4-8-12)24-17-22-21-16(25-17)20-14-10-6-5-9-13(14)18/h2-11H,1H3,(H,19,23)(H,20,21). The van der Waals surface area contributed by atoms with Gasteiger partial charge < -0.3 is 10.6 Å². The van der Waals surface area contributed by atoms with Crippen LogP contribution in [-0.2, 0) is 4.79 Å². The molecule has 0 aliphatic carbocycles. The third-order valence-corrected chi connectivity index (χ3v) is 5.23. The Morgan fingerprint density at radius 3 is 2.60 bits per heavy atom. The van der Waals surface area contributed by atoms with Gasteiger partial charge in [-0.05, 0) is 31.2 Å². The van der Waals surface area contributed by atoms with Gasteiger partial charge in [-0.3, -0.25) is 4.79 Å². The number of rotatable bonds is 6. The molecule has 3 rings (SSSR count). The molecule has 0 aliphatic rings. The summed E-state index contributed by atoms with van der Waals surface area (Å²) in [6, 6.07) is 15.6. The summed E-state index contributed by atoms with van der Waals surface area (Å²) in [5.41, 5.74) is 1.09. The number of thioether (sulfide) groups is 1. The number of para-hydroxylation sites is 2. The third kappa shape index (κ3) is 4.77. The summed E-state index contributed by atoms with van der Waals surface area (Å²) in [7, 11) is 0. The Labute approximate surface area is 152 Å². The van der Waals surface area contributed by atoms with Crippen molar-refractivity contribution in [3.05, 3.63) is 60.4 Å². The minimum Gasteiger partial charge on any atom is -0.328 e. The Morgan fingerprint density at radius 2 is 1.84 bits per heavy atom. The zero-order valence-corrected chi connectivity index (χ0v) is 14.9. The maximum absolute atomic E-state index is 13.6. The van der Waals surface area contributed by atoms with Gasteiger partial charge in [0.2, 0.25) is 11.0 Å². The van der Waals surface area contributed by atoms with Crippen LogP contribution in [0.25, 0.3) is 0 Å². The van der Waals surface area contributed by atoms with Crippen LogP contribution in [0.5, 0.6) is 0 Å². The Hall–Kier alpha value is -2.45. The molecule has 3 aromatic rings. The molecule has 2 aromatic carbocycles. The molecule has 1 amide bonds. The Balaban J connectivity index is 1.59. The molecule has 5 nitrogen and oxygen atoms in total. The predicted octanol–water partition coefficient (Wildman–Crippen LogP) is 4.54. The second-order valence-corrected chi connectivity index (χ2v) is 7.66. The maximum Gasteiger partial charge on any atom is 0.237 e. The van der Waals surface area contributed by atoms with Gasteiger partial charge in [-0.25, -0.2) is 4.39 Å². The molecule has 0 radical (unpaired) electrons. The zero-order valence-electron chi connectivity index (χ0n) is 13.3.